The first-order valence-corrected chi connectivity index (χ1v) is 7.12. The molecule has 127 valence electrons. The second-order valence-electron chi connectivity index (χ2n) is 5.22. The summed E-state index contributed by atoms with van der Waals surface area (Å²) >= 11 is 0. The molecule has 0 spiro atoms. The smallest absolute Gasteiger partial charge is 0.206 e. The Morgan fingerprint density at radius 1 is 0.680 bits per heavy atom. The van der Waals surface area contributed by atoms with Crippen molar-refractivity contribution in [1.82, 2.24) is 0 Å². The Kier molecular flexibility index (Phi) is 4.29. The van der Waals surface area contributed by atoms with E-state index in [2.05, 4.69) is 6.07 Å². The fourth-order valence-electron chi connectivity index (χ4n) is 2.64. The van der Waals surface area contributed by atoms with E-state index < -0.39 is 40.3 Å². The molecule has 0 aromatic heterocycles. The molecule has 0 heterocycles. The zero-order valence-corrected chi connectivity index (χ0v) is 12.5. The Bertz CT molecular complexity index is 907. The first kappa shape index (κ1) is 17.1. The minimum absolute atomic E-state index is 0.270. The van der Waals surface area contributed by atoms with Gasteiger partial charge in [-0.05, 0) is 29.3 Å². The molecular formula is C19H9F6. The van der Waals surface area contributed by atoms with Gasteiger partial charge in [-0.1, -0.05) is 36.4 Å². The molecule has 0 saturated heterocycles. The Labute approximate surface area is 139 Å². The molecule has 0 aliphatic rings. The highest BCUT2D eigenvalue weighted by atomic mass is 19.4. The van der Waals surface area contributed by atoms with Crippen LogP contribution < -0.4 is 0 Å². The maximum atomic E-state index is 14.3. The van der Waals surface area contributed by atoms with E-state index in [-0.39, 0.29) is 11.1 Å². The van der Waals surface area contributed by atoms with Gasteiger partial charge in [-0.2, -0.15) is 13.2 Å². The summed E-state index contributed by atoms with van der Waals surface area (Å²) in [5.74, 6) is -3.30. The first-order chi connectivity index (χ1) is 11.8. The summed E-state index contributed by atoms with van der Waals surface area (Å²) in [6.07, 6.45) is -4.71. The van der Waals surface area contributed by atoms with Crippen LogP contribution in [-0.4, -0.2) is 0 Å². The summed E-state index contributed by atoms with van der Waals surface area (Å²) < 4.78 is 82.4. The molecule has 6 heteroatoms. The molecule has 0 aliphatic heterocycles. The molecule has 3 aromatic carbocycles. The van der Waals surface area contributed by atoms with Gasteiger partial charge in [0.2, 0.25) is 0 Å². The standard InChI is InChI=1S/C19H9F6/c20-14-8-3-6-12(11-5-1-2-7-13(11)19(23,24)25)17(14)18-15(21)9-4-10-16(18)22/h1-7,9-10H. The SMILES string of the molecule is Fc1[c]ccc(-c2ccccc2C(F)(F)F)c1-c1c(F)cccc1F. The number of alkyl halides is 3. The Balaban J connectivity index is 2.37. The largest absolute Gasteiger partial charge is 0.417 e. The van der Waals surface area contributed by atoms with Crippen LogP contribution in [0.3, 0.4) is 0 Å². The highest BCUT2D eigenvalue weighted by Crippen LogP contribution is 2.42. The quantitative estimate of drug-likeness (QED) is 0.478. The lowest BCUT2D eigenvalue weighted by molar-refractivity contribution is -0.137. The van der Waals surface area contributed by atoms with Crippen LogP contribution in [0.2, 0.25) is 0 Å². The molecule has 0 atom stereocenters. The zero-order chi connectivity index (χ0) is 18.2. The molecule has 0 saturated carbocycles. The molecule has 0 amide bonds. The van der Waals surface area contributed by atoms with Crippen molar-refractivity contribution >= 4 is 0 Å². The van der Waals surface area contributed by atoms with E-state index in [1.807, 2.05) is 0 Å². The van der Waals surface area contributed by atoms with E-state index in [4.69, 9.17) is 0 Å². The van der Waals surface area contributed by atoms with Crippen LogP contribution in [0.15, 0.2) is 54.6 Å². The summed E-state index contributed by atoms with van der Waals surface area (Å²) in [4.78, 5) is 0. The molecule has 3 rings (SSSR count). The molecule has 0 unspecified atom stereocenters. The van der Waals surface area contributed by atoms with Gasteiger partial charge >= 0.3 is 6.18 Å². The monoisotopic (exact) mass is 351 g/mol. The highest BCUT2D eigenvalue weighted by molar-refractivity contribution is 5.85. The lowest BCUT2D eigenvalue weighted by Crippen LogP contribution is -2.07. The molecular weight excluding hydrogens is 342 g/mol. The second kappa shape index (κ2) is 6.27. The van der Waals surface area contributed by atoms with Crippen LogP contribution in [0, 0.1) is 23.5 Å². The first-order valence-electron chi connectivity index (χ1n) is 7.12. The van der Waals surface area contributed by atoms with Crippen molar-refractivity contribution in [3.8, 4) is 22.3 Å². The summed E-state index contributed by atoms with van der Waals surface area (Å²) in [5, 5.41) is 0. The lowest BCUT2D eigenvalue weighted by atomic mass is 9.90. The summed E-state index contributed by atoms with van der Waals surface area (Å²) in [6.45, 7) is 0. The second-order valence-corrected chi connectivity index (χ2v) is 5.22. The molecule has 0 aliphatic carbocycles. The van der Waals surface area contributed by atoms with Crippen molar-refractivity contribution in [1.29, 1.82) is 0 Å². The van der Waals surface area contributed by atoms with E-state index in [0.29, 0.717) is 0 Å². The van der Waals surface area contributed by atoms with E-state index in [9.17, 15) is 26.3 Å². The van der Waals surface area contributed by atoms with Gasteiger partial charge in [-0.3, -0.25) is 0 Å². The van der Waals surface area contributed by atoms with E-state index in [1.165, 1.54) is 12.1 Å². The maximum Gasteiger partial charge on any atom is 0.417 e. The Morgan fingerprint density at radius 2 is 1.32 bits per heavy atom. The molecule has 0 N–H and O–H groups in total. The van der Waals surface area contributed by atoms with Gasteiger partial charge in [-0.15, -0.1) is 0 Å². The Hall–Kier alpha value is -2.76. The average Bonchev–Trinajstić information content (AvgIpc) is 2.55. The van der Waals surface area contributed by atoms with Crippen molar-refractivity contribution in [2.75, 3.05) is 0 Å². The van der Waals surface area contributed by atoms with Crippen LogP contribution in [0.25, 0.3) is 22.3 Å². The summed E-state index contributed by atoms with van der Waals surface area (Å²) in [7, 11) is 0. The third-order valence-electron chi connectivity index (χ3n) is 3.68. The van der Waals surface area contributed by atoms with Gasteiger partial charge in [0, 0.05) is 11.6 Å². The average molecular weight is 351 g/mol. The number of benzene rings is 3. The fraction of sp³-hybridized carbons (Fsp3) is 0.0526. The van der Waals surface area contributed by atoms with Crippen LogP contribution in [0.4, 0.5) is 26.3 Å². The molecule has 3 aromatic rings. The number of hydrogen-bond donors (Lipinski definition) is 0. The van der Waals surface area contributed by atoms with E-state index in [1.54, 1.807) is 0 Å². The minimum Gasteiger partial charge on any atom is -0.206 e. The van der Waals surface area contributed by atoms with Gasteiger partial charge in [0.25, 0.3) is 0 Å². The van der Waals surface area contributed by atoms with Crippen LogP contribution >= 0.6 is 0 Å². The van der Waals surface area contributed by atoms with Crippen LogP contribution in [-0.2, 0) is 6.18 Å². The van der Waals surface area contributed by atoms with Gasteiger partial charge in [-0.25, -0.2) is 13.2 Å². The number of rotatable bonds is 2. The molecule has 25 heavy (non-hydrogen) atoms. The summed E-state index contributed by atoms with van der Waals surface area (Å²) in [5.41, 5.74) is -3.01. The predicted octanol–water partition coefficient (Wildman–Crippen LogP) is 6.26. The van der Waals surface area contributed by atoms with Gasteiger partial charge < -0.3 is 0 Å². The number of halogens is 6. The van der Waals surface area contributed by atoms with Crippen molar-refractivity contribution in [3.63, 3.8) is 0 Å². The Morgan fingerprint density at radius 3 is 1.96 bits per heavy atom. The van der Waals surface area contributed by atoms with E-state index in [0.717, 1.165) is 42.5 Å². The summed E-state index contributed by atoms with van der Waals surface area (Å²) in [6, 6.07) is 11.7. The molecule has 0 bridgehead atoms. The topological polar surface area (TPSA) is 0 Å². The van der Waals surface area contributed by atoms with Gasteiger partial charge in [0.05, 0.1) is 11.1 Å². The molecule has 0 nitrogen and oxygen atoms in total. The van der Waals surface area contributed by atoms with Crippen molar-refractivity contribution in [2.24, 2.45) is 0 Å². The lowest BCUT2D eigenvalue weighted by Gasteiger charge is -2.17. The fourth-order valence-corrected chi connectivity index (χ4v) is 2.64. The molecule has 0 fully saturated rings. The normalized spacial score (nSPS) is 11.6. The minimum atomic E-state index is -4.71. The maximum absolute atomic E-state index is 14.3. The third-order valence-corrected chi connectivity index (χ3v) is 3.68. The third kappa shape index (κ3) is 3.12. The van der Waals surface area contributed by atoms with Gasteiger partial charge in [0.1, 0.15) is 17.5 Å². The van der Waals surface area contributed by atoms with Crippen molar-refractivity contribution in [3.05, 3.63) is 83.7 Å². The number of hydrogen-bond acceptors (Lipinski definition) is 0. The zero-order valence-electron chi connectivity index (χ0n) is 12.5. The van der Waals surface area contributed by atoms with Crippen LogP contribution in [0.1, 0.15) is 5.56 Å². The predicted molar refractivity (Wildman–Crippen MR) is 81.0 cm³/mol. The highest BCUT2D eigenvalue weighted by Gasteiger charge is 2.34. The van der Waals surface area contributed by atoms with Crippen molar-refractivity contribution in [2.45, 2.75) is 6.18 Å². The van der Waals surface area contributed by atoms with Crippen LogP contribution in [0.5, 0.6) is 0 Å². The molecule has 1 radical (unpaired) electrons. The van der Waals surface area contributed by atoms with E-state index >= 15 is 0 Å². The van der Waals surface area contributed by atoms with Crippen molar-refractivity contribution < 1.29 is 26.3 Å². The van der Waals surface area contributed by atoms with Gasteiger partial charge in [0.15, 0.2) is 0 Å².